The van der Waals surface area contributed by atoms with Crippen LogP contribution in [0.15, 0.2) is 17.0 Å². The van der Waals surface area contributed by atoms with Crippen LogP contribution in [0.5, 0.6) is 0 Å². The molecule has 0 radical (unpaired) electrons. The minimum absolute atomic E-state index is 0.206. The lowest BCUT2D eigenvalue weighted by Gasteiger charge is -2.36. The van der Waals surface area contributed by atoms with Crippen molar-refractivity contribution in [3.8, 4) is 0 Å². The molecule has 0 amide bonds. The van der Waals surface area contributed by atoms with Crippen LogP contribution in [0.1, 0.15) is 29.6 Å². The van der Waals surface area contributed by atoms with E-state index < -0.39 is 42.9 Å². The maximum atomic E-state index is 13.5. The van der Waals surface area contributed by atoms with E-state index in [9.17, 15) is 22.7 Å². The molecule has 116 valence electrons. The van der Waals surface area contributed by atoms with E-state index in [1.165, 1.54) is 0 Å². The lowest BCUT2D eigenvalue weighted by molar-refractivity contribution is -0.0271. The number of nitrogens with one attached hydrogen (secondary N) is 1. The summed E-state index contributed by atoms with van der Waals surface area (Å²) < 4.78 is 39.8. The minimum Gasteiger partial charge on any atom is -0.478 e. The number of benzene rings is 1. The molecule has 9 heteroatoms. The predicted molar refractivity (Wildman–Crippen MR) is 72.4 cm³/mol. The third kappa shape index (κ3) is 3.34. The van der Waals surface area contributed by atoms with Gasteiger partial charge in [-0.25, -0.2) is 22.3 Å². The molecule has 0 atom stereocenters. The molecule has 0 bridgehead atoms. The third-order valence-corrected chi connectivity index (χ3v) is 5.18. The maximum Gasteiger partial charge on any atom is 0.337 e. The first-order valence-corrected chi connectivity index (χ1v) is 7.95. The summed E-state index contributed by atoms with van der Waals surface area (Å²) in [5.74, 6) is -2.67. The van der Waals surface area contributed by atoms with Crippen molar-refractivity contribution in [2.45, 2.75) is 29.8 Å². The van der Waals surface area contributed by atoms with Gasteiger partial charge in [0.15, 0.2) is 0 Å². The first kappa shape index (κ1) is 16.2. The van der Waals surface area contributed by atoms with Crippen molar-refractivity contribution in [3.05, 3.63) is 28.5 Å². The molecule has 1 aliphatic rings. The monoisotopic (exact) mass is 337 g/mol. The van der Waals surface area contributed by atoms with Gasteiger partial charge < -0.3 is 10.2 Å². The Hall–Kier alpha value is -1.22. The topological polar surface area (TPSA) is 104 Å². The molecule has 1 saturated carbocycles. The van der Waals surface area contributed by atoms with Gasteiger partial charge in [-0.3, -0.25) is 0 Å². The van der Waals surface area contributed by atoms with Crippen molar-refractivity contribution >= 4 is 27.6 Å². The summed E-state index contributed by atoms with van der Waals surface area (Å²) in [5.41, 5.74) is -1.73. The normalized spacial score (nSPS) is 17.3. The molecule has 0 spiro atoms. The highest BCUT2D eigenvalue weighted by molar-refractivity contribution is 7.89. The van der Waals surface area contributed by atoms with Gasteiger partial charge in [0, 0.05) is 6.54 Å². The number of aliphatic hydroxyl groups is 1. The summed E-state index contributed by atoms with van der Waals surface area (Å²) >= 11 is 5.48. The van der Waals surface area contributed by atoms with Gasteiger partial charge in [0.25, 0.3) is 0 Å². The zero-order chi connectivity index (χ0) is 15.8. The zero-order valence-corrected chi connectivity index (χ0v) is 12.3. The molecule has 0 unspecified atom stereocenters. The quantitative estimate of drug-likeness (QED) is 0.753. The lowest BCUT2D eigenvalue weighted by Crippen LogP contribution is -2.47. The molecule has 0 aliphatic heterocycles. The van der Waals surface area contributed by atoms with Crippen molar-refractivity contribution < 1.29 is 27.8 Å². The molecule has 0 heterocycles. The van der Waals surface area contributed by atoms with Crippen LogP contribution in [0.3, 0.4) is 0 Å². The molecule has 2 rings (SSSR count). The van der Waals surface area contributed by atoms with Gasteiger partial charge in [0.1, 0.15) is 5.82 Å². The molecule has 1 aromatic carbocycles. The number of rotatable bonds is 5. The molecule has 1 fully saturated rings. The molecule has 1 aliphatic carbocycles. The summed E-state index contributed by atoms with van der Waals surface area (Å²) in [4.78, 5) is 10.4. The average molecular weight is 338 g/mol. The second-order valence-corrected chi connectivity index (χ2v) is 7.12. The number of carbonyl (C=O) groups is 1. The first-order chi connectivity index (χ1) is 9.65. The fourth-order valence-corrected chi connectivity index (χ4v) is 3.30. The number of hydrogen-bond acceptors (Lipinski definition) is 4. The van der Waals surface area contributed by atoms with Gasteiger partial charge in [-0.05, 0) is 31.4 Å². The second-order valence-electron chi connectivity index (χ2n) is 4.97. The maximum absolute atomic E-state index is 13.5. The summed E-state index contributed by atoms with van der Waals surface area (Å²) in [6.45, 7) is -0.206. The predicted octanol–water partition coefficient (Wildman–Crippen LogP) is 1.37. The highest BCUT2D eigenvalue weighted by Gasteiger charge is 2.35. The molecule has 1 aromatic rings. The number of aromatic carboxylic acids is 1. The lowest BCUT2D eigenvalue weighted by atomic mass is 9.81. The highest BCUT2D eigenvalue weighted by Crippen LogP contribution is 2.31. The van der Waals surface area contributed by atoms with E-state index >= 15 is 0 Å². The van der Waals surface area contributed by atoms with Crippen LogP contribution < -0.4 is 4.72 Å². The SMILES string of the molecule is O=C(O)c1cc(S(=O)(=O)NCC2(O)CCC2)cc(F)c1Cl. The third-order valence-electron chi connectivity index (χ3n) is 3.42. The van der Waals surface area contributed by atoms with Crippen molar-refractivity contribution in [2.75, 3.05) is 6.54 Å². The van der Waals surface area contributed by atoms with Crippen LogP contribution in [0.2, 0.25) is 5.02 Å². The van der Waals surface area contributed by atoms with Crippen LogP contribution in [0.4, 0.5) is 4.39 Å². The Labute approximate surface area is 125 Å². The average Bonchev–Trinajstić information content (AvgIpc) is 2.36. The van der Waals surface area contributed by atoms with Crippen LogP contribution in [0, 0.1) is 5.82 Å². The minimum atomic E-state index is -4.14. The highest BCUT2D eigenvalue weighted by atomic mass is 35.5. The molecule has 6 nitrogen and oxygen atoms in total. The molecule has 21 heavy (non-hydrogen) atoms. The van der Waals surface area contributed by atoms with E-state index in [0.29, 0.717) is 18.9 Å². The number of carboxylic acid groups (broad SMARTS) is 1. The van der Waals surface area contributed by atoms with Gasteiger partial charge in [0.05, 0.1) is 21.1 Å². The van der Waals surface area contributed by atoms with E-state index in [-0.39, 0.29) is 6.54 Å². The van der Waals surface area contributed by atoms with E-state index in [2.05, 4.69) is 4.72 Å². The molecule has 0 aromatic heterocycles. The van der Waals surface area contributed by atoms with Gasteiger partial charge in [-0.2, -0.15) is 0 Å². The fraction of sp³-hybridized carbons (Fsp3) is 0.417. The zero-order valence-electron chi connectivity index (χ0n) is 10.8. The van der Waals surface area contributed by atoms with E-state index in [0.717, 1.165) is 12.5 Å². The smallest absolute Gasteiger partial charge is 0.337 e. The number of carboxylic acids is 1. The Morgan fingerprint density at radius 2 is 2.05 bits per heavy atom. The van der Waals surface area contributed by atoms with Crippen LogP contribution >= 0.6 is 11.6 Å². The van der Waals surface area contributed by atoms with Crippen molar-refractivity contribution in [1.82, 2.24) is 4.72 Å². The Balaban J connectivity index is 2.29. The van der Waals surface area contributed by atoms with Crippen molar-refractivity contribution in [1.29, 1.82) is 0 Å². The summed E-state index contributed by atoms with van der Waals surface area (Å²) in [6.07, 6.45) is 1.76. The number of halogens is 2. The Morgan fingerprint density at radius 3 is 2.52 bits per heavy atom. The van der Waals surface area contributed by atoms with Crippen molar-refractivity contribution in [3.63, 3.8) is 0 Å². The van der Waals surface area contributed by atoms with Gasteiger partial charge in [-0.15, -0.1) is 0 Å². The fourth-order valence-electron chi connectivity index (χ4n) is 1.95. The van der Waals surface area contributed by atoms with E-state index in [1.54, 1.807) is 0 Å². The standard InChI is InChI=1S/C12H13ClFNO5S/c13-10-8(11(16)17)4-7(5-9(10)14)21(19,20)15-6-12(18)2-1-3-12/h4-5,15,18H,1-3,6H2,(H,16,17). The number of sulfonamides is 1. The van der Waals surface area contributed by atoms with Crippen molar-refractivity contribution in [2.24, 2.45) is 0 Å². The summed E-state index contributed by atoms with van der Waals surface area (Å²) in [6, 6.07) is 1.42. The largest absolute Gasteiger partial charge is 0.478 e. The Morgan fingerprint density at radius 1 is 1.43 bits per heavy atom. The van der Waals surface area contributed by atoms with Gasteiger partial charge in [-0.1, -0.05) is 11.6 Å². The Bertz CT molecular complexity index is 687. The van der Waals surface area contributed by atoms with E-state index in [1.807, 2.05) is 0 Å². The Kier molecular flexibility index (Phi) is 4.25. The van der Waals surface area contributed by atoms with Crippen LogP contribution in [0.25, 0.3) is 0 Å². The number of hydrogen-bond donors (Lipinski definition) is 3. The summed E-state index contributed by atoms with van der Waals surface area (Å²) in [5, 5.41) is 18.1. The molecule has 0 saturated heterocycles. The summed E-state index contributed by atoms with van der Waals surface area (Å²) in [7, 11) is -4.14. The molecular formula is C12H13ClFNO5S. The molecular weight excluding hydrogens is 325 g/mol. The van der Waals surface area contributed by atoms with Gasteiger partial charge in [0.2, 0.25) is 10.0 Å². The second kappa shape index (κ2) is 5.53. The van der Waals surface area contributed by atoms with Crippen LogP contribution in [-0.4, -0.2) is 36.7 Å². The first-order valence-electron chi connectivity index (χ1n) is 6.09. The van der Waals surface area contributed by atoms with Gasteiger partial charge >= 0.3 is 5.97 Å². The van der Waals surface area contributed by atoms with E-state index in [4.69, 9.17) is 16.7 Å². The van der Waals surface area contributed by atoms with Crippen LogP contribution in [-0.2, 0) is 10.0 Å². The molecule has 3 N–H and O–H groups in total.